The van der Waals surface area contributed by atoms with E-state index in [4.69, 9.17) is 4.42 Å². The summed E-state index contributed by atoms with van der Waals surface area (Å²) in [6.45, 7) is 1.83. The number of hydrogen-bond acceptors (Lipinski definition) is 3. The zero-order chi connectivity index (χ0) is 13.0. The molecule has 2 aromatic rings. The highest BCUT2D eigenvalue weighted by molar-refractivity contribution is 9.10. The molecule has 0 spiro atoms. The molecule has 1 heterocycles. The Morgan fingerprint density at radius 3 is 2.56 bits per heavy atom. The summed E-state index contributed by atoms with van der Waals surface area (Å²) in [6, 6.07) is 12.8. The Morgan fingerprint density at radius 2 is 1.94 bits per heavy atom. The average Bonchev–Trinajstić information content (AvgIpc) is 2.83. The first-order chi connectivity index (χ1) is 8.66. The summed E-state index contributed by atoms with van der Waals surface area (Å²) in [5.41, 5.74) is 4.13. The van der Waals surface area contributed by atoms with Crippen LogP contribution in [0.4, 0.5) is 0 Å². The highest BCUT2D eigenvalue weighted by atomic mass is 79.9. The molecule has 1 aromatic carbocycles. The lowest BCUT2D eigenvalue weighted by Gasteiger charge is -2.00. The maximum absolute atomic E-state index is 11.7. The van der Waals surface area contributed by atoms with Crippen LogP contribution in [0.3, 0.4) is 0 Å². The van der Waals surface area contributed by atoms with Gasteiger partial charge in [-0.25, -0.2) is 5.43 Å². The van der Waals surface area contributed by atoms with Crippen molar-refractivity contribution in [3.05, 3.63) is 58.5 Å². The molecule has 4 nitrogen and oxygen atoms in total. The molecule has 0 saturated carbocycles. The number of hydrazone groups is 1. The predicted octanol–water partition coefficient (Wildman–Crippen LogP) is 3.20. The van der Waals surface area contributed by atoms with Gasteiger partial charge in [0.05, 0.1) is 5.71 Å². The minimum absolute atomic E-state index is 0.214. The lowest BCUT2D eigenvalue weighted by molar-refractivity contribution is 0.0926. The molecule has 18 heavy (non-hydrogen) atoms. The van der Waals surface area contributed by atoms with Crippen LogP contribution in [0.25, 0.3) is 0 Å². The van der Waals surface area contributed by atoms with Crippen molar-refractivity contribution in [2.24, 2.45) is 5.10 Å². The molecule has 92 valence electrons. The quantitative estimate of drug-likeness (QED) is 0.699. The first-order valence-electron chi connectivity index (χ1n) is 5.32. The molecule has 0 unspecified atom stereocenters. The first-order valence-corrected chi connectivity index (χ1v) is 6.11. The predicted molar refractivity (Wildman–Crippen MR) is 72.5 cm³/mol. The summed E-state index contributed by atoms with van der Waals surface area (Å²) < 4.78 is 5.63. The van der Waals surface area contributed by atoms with Crippen molar-refractivity contribution in [2.45, 2.75) is 6.92 Å². The Kier molecular flexibility index (Phi) is 3.94. The van der Waals surface area contributed by atoms with Crippen LogP contribution in [0.1, 0.15) is 23.0 Å². The third-order valence-corrected chi connectivity index (χ3v) is 2.74. The molecular weight excluding hydrogens is 296 g/mol. The highest BCUT2D eigenvalue weighted by Gasteiger charge is 2.09. The molecule has 1 N–H and O–H groups in total. The molecule has 0 aliphatic carbocycles. The number of nitrogens with one attached hydrogen (secondary N) is 1. The molecule has 0 saturated heterocycles. The summed E-state index contributed by atoms with van der Waals surface area (Å²) in [7, 11) is 0. The minimum Gasteiger partial charge on any atom is -0.444 e. The van der Waals surface area contributed by atoms with Crippen LogP contribution >= 0.6 is 15.9 Å². The van der Waals surface area contributed by atoms with E-state index in [0.29, 0.717) is 4.67 Å². The van der Waals surface area contributed by atoms with Gasteiger partial charge in [-0.15, -0.1) is 0 Å². The van der Waals surface area contributed by atoms with Crippen molar-refractivity contribution in [3.63, 3.8) is 0 Å². The Bertz CT molecular complexity index is 576. The van der Waals surface area contributed by atoms with E-state index in [2.05, 4.69) is 26.5 Å². The van der Waals surface area contributed by atoms with E-state index in [0.717, 1.165) is 11.3 Å². The number of rotatable bonds is 3. The Hall–Kier alpha value is -1.88. The zero-order valence-corrected chi connectivity index (χ0v) is 11.3. The third-order valence-electron chi connectivity index (χ3n) is 2.31. The Balaban J connectivity index is 2.05. The summed E-state index contributed by atoms with van der Waals surface area (Å²) in [6.07, 6.45) is 0. The molecule has 0 radical (unpaired) electrons. The third kappa shape index (κ3) is 3.07. The molecule has 0 atom stereocenters. The van der Waals surface area contributed by atoms with Gasteiger partial charge in [-0.1, -0.05) is 30.3 Å². The monoisotopic (exact) mass is 306 g/mol. The van der Waals surface area contributed by atoms with Gasteiger partial charge in [0.2, 0.25) is 0 Å². The number of amides is 1. The normalized spacial score (nSPS) is 11.3. The summed E-state index contributed by atoms with van der Waals surface area (Å²) in [4.78, 5) is 11.7. The van der Waals surface area contributed by atoms with Crippen molar-refractivity contribution in [1.29, 1.82) is 0 Å². The van der Waals surface area contributed by atoms with Crippen LogP contribution < -0.4 is 5.43 Å². The molecule has 0 fully saturated rings. The van der Waals surface area contributed by atoms with Gasteiger partial charge in [-0.05, 0) is 40.5 Å². The summed E-state index contributed by atoms with van der Waals surface area (Å²) in [5, 5.41) is 4.02. The van der Waals surface area contributed by atoms with Crippen molar-refractivity contribution < 1.29 is 9.21 Å². The molecule has 2 rings (SSSR count). The van der Waals surface area contributed by atoms with Gasteiger partial charge in [-0.3, -0.25) is 4.79 Å². The lowest BCUT2D eigenvalue weighted by atomic mass is 10.1. The van der Waals surface area contributed by atoms with Gasteiger partial charge in [0.25, 0.3) is 0 Å². The highest BCUT2D eigenvalue weighted by Crippen LogP contribution is 2.13. The van der Waals surface area contributed by atoms with Gasteiger partial charge >= 0.3 is 5.91 Å². The van der Waals surface area contributed by atoms with Crippen LogP contribution in [-0.4, -0.2) is 11.6 Å². The number of furan rings is 1. The molecule has 5 heteroatoms. The van der Waals surface area contributed by atoms with Gasteiger partial charge in [0, 0.05) is 0 Å². The molecule has 0 aliphatic heterocycles. The van der Waals surface area contributed by atoms with Crippen molar-refractivity contribution in [2.75, 3.05) is 0 Å². The maximum Gasteiger partial charge on any atom is 0.307 e. The van der Waals surface area contributed by atoms with Gasteiger partial charge in [-0.2, -0.15) is 5.10 Å². The van der Waals surface area contributed by atoms with Gasteiger partial charge in [0.1, 0.15) is 0 Å². The fourth-order valence-electron chi connectivity index (χ4n) is 1.37. The van der Waals surface area contributed by atoms with E-state index in [-0.39, 0.29) is 11.7 Å². The van der Waals surface area contributed by atoms with Crippen LogP contribution in [0.15, 0.2) is 56.7 Å². The van der Waals surface area contributed by atoms with E-state index < -0.39 is 0 Å². The van der Waals surface area contributed by atoms with E-state index in [1.54, 1.807) is 12.1 Å². The van der Waals surface area contributed by atoms with Crippen LogP contribution in [-0.2, 0) is 0 Å². The molecule has 1 amide bonds. The second-order valence-corrected chi connectivity index (χ2v) is 4.39. The summed E-state index contributed by atoms with van der Waals surface area (Å²) in [5.74, 6) is -0.164. The fourth-order valence-corrected chi connectivity index (χ4v) is 1.68. The van der Waals surface area contributed by atoms with Crippen molar-refractivity contribution in [1.82, 2.24) is 5.43 Å². The molecular formula is C13H11BrN2O2. The molecule has 0 aliphatic rings. The van der Waals surface area contributed by atoms with E-state index in [9.17, 15) is 4.79 Å². The maximum atomic E-state index is 11.7. The largest absolute Gasteiger partial charge is 0.444 e. The molecule has 1 aromatic heterocycles. The Labute approximate surface area is 113 Å². The number of nitrogens with zero attached hydrogens (tertiary/aromatic N) is 1. The van der Waals surface area contributed by atoms with Crippen LogP contribution in [0.2, 0.25) is 0 Å². The number of benzene rings is 1. The first kappa shape index (κ1) is 12.6. The number of carbonyl (C=O) groups is 1. The SMILES string of the molecule is C/C(=N\NC(=O)c1ccc(Br)o1)c1ccccc1. The van der Waals surface area contributed by atoms with Crippen LogP contribution in [0.5, 0.6) is 0 Å². The van der Waals surface area contributed by atoms with E-state index in [1.807, 2.05) is 37.3 Å². The molecule has 0 bridgehead atoms. The number of halogens is 1. The number of carbonyl (C=O) groups excluding carboxylic acids is 1. The van der Waals surface area contributed by atoms with Crippen LogP contribution in [0, 0.1) is 0 Å². The average molecular weight is 307 g/mol. The van der Waals surface area contributed by atoms with E-state index >= 15 is 0 Å². The van der Waals surface area contributed by atoms with Gasteiger partial charge < -0.3 is 4.42 Å². The summed E-state index contributed by atoms with van der Waals surface area (Å²) >= 11 is 3.13. The van der Waals surface area contributed by atoms with E-state index in [1.165, 1.54) is 0 Å². The minimum atomic E-state index is -0.379. The topological polar surface area (TPSA) is 54.6 Å². The fraction of sp³-hybridized carbons (Fsp3) is 0.0769. The second-order valence-electron chi connectivity index (χ2n) is 3.61. The van der Waals surface area contributed by atoms with Crippen molar-refractivity contribution in [3.8, 4) is 0 Å². The van der Waals surface area contributed by atoms with Crippen molar-refractivity contribution >= 4 is 27.5 Å². The number of hydrogen-bond donors (Lipinski definition) is 1. The van der Waals surface area contributed by atoms with Gasteiger partial charge in [0.15, 0.2) is 10.4 Å². The Morgan fingerprint density at radius 1 is 1.22 bits per heavy atom. The standard InChI is InChI=1S/C13H11BrN2O2/c1-9(10-5-3-2-4-6-10)15-16-13(17)11-7-8-12(14)18-11/h2-8H,1H3,(H,16,17)/b15-9+. The zero-order valence-electron chi connectivity index (χ0n) is 9.68. The smallest absolute Gasteiger partial charge is 0.307 e. The lowest BCUT2D eigenvalue weighted by Crippen LogP contribution is -2.18. The second kappa shape index (κ2) is 5.64.